The number of phenols is 2. The van der Waals surface area contributed by atoms with Crippen molar-refractivity contribution in [2.45, 2.75) is 0 Å². The van der Waals surface area contributed by atoms with Crippen LogP contribution in [0.25, 0.3) is 0 Å². The molecule has 0 atom stereocenters. The summed E-state index contributed by atoms with van der Waals surface area (Å²) in [6.45, 7) is 0. The molecule has 17 heavy (non-hydrogen) atoms. The van der Waals surface area contributed by atoms with Gasteiger partial charge in [-0.05, 0) is 24.3 Å². The third kappa shape index (κ3) is 11.1. The summed E-state index contributed by atoms with van der Waals surface area (Å²) >= 11 is 0. The maximum absolute atomic E-state index is 8.63. The number of hydrogen-bond donors (Lipinski definition) is 2. The van der Waals surface area contributed by atoms with E-state index < -0.39 is 0 Å². The number of benzene rings is 2. The van der Waals surface area contributed by atoms with E-state index in [9.17, 15) is 0 Å². The minimum Gasteiger partial charge on any atom is -1.00 e. The molecule has 0 fully saturated rings. The van der Waals surface area contributed by atoms with Gasteiger partial charge in [0.2, 0.25) is 0 Å². The van der Waals surface area contributed by atoms with Gasteiger partial charge in [-0.3, -0.25) is 0 Å². The molecule has 0 aliphatic heterocycles. The molecule has 2 aromatic rings. The molecule has 0 bridgehead atoms. The van der Waals surface area contributed by atoms with Crippen LogP contribution in [0.3, 0.4) is 0 Å². The Balaban J connectivity index is -0.000000196. The second kappa shape index (κ2) is 12.9. The zero-order valence-corrected chi connectivity index (χ0v) is 11.4. The van der Waals surface area contributed by atoms with Crippen LogP contribution in [-0.4, -0.2) is 10.2 Å². The van der Waals surface area contributed by atoms with Crippen molar-refractivity contribution >= 4 is 0 Å². The Morgan fingerprint density at radius 3 is 0.882 bits per heavy atom. The van der Waals surface area contributed by atoms with E-state index in [0.717, 1.165) is 0 Å². The Morgan fingerprint density at radius 2 is 0.765 bits per heavy atom. The van der Waals surface area contributed by atoms with Crippen molar-refractivity contribution in [3.8, 4) is 11.5 Å². The Hall–Kier alpha value is -1.22. The Kier molecular flexibility index (Phi) is 16.0. The van der Waals surface area contributed by atoms with Crippen molar-refractivity contribution in [3.63, 3.8) is 0 Å². The quantitative estimate of drug-likeness (QED) is 0.537. The average molecular weight is 317 g/mol. The summed E-state index contributed by atoms with van der Waals surface area (Å²) < 4.78 is 0. The smallest absolute Gasteiger partial charge is 1.00 e. The van der Waals surface area contributed by atoms with E-state index >= 15 is 0 Å². The maximum Gasteiger partial charge on any atom is 2.00 e. The first-order valence-electron chi connectivity index (χ1n) is 4.27. The van der Waals surface area contributed by atoms with E-state index in [1.807, 2.05) is 12.1 Å². The summed E-state index contributed by atoms with van der Waals surface area (Å²) in [5.74, 6) is 0.644. The molecule has 5 heteroatoms. The zero-order chi connectivity index (χ0) is 10.2. The van der Waals surface area contributed by atoms with E-state index in [4.69, 9.17) is 10.2 Å². The molecular weight excluding hydrogens is 305 g/mol. The van der Waals surface area contributed by atoms with Crippen LogP contribution in [0.2, 0.25) is 0 Å². The molecule has 0 spiro atoms. The third-order valence-electron chi connectivity index (χ3n) is 1.51. The monoisotopic (exact) mass is 316 g/mol. The van der Waals surface area contributed by atoms with Gasteiger partial charge < -0.3 is 19.6 Å². The van der Waals surface area contributed by atoms with Crippen LogP contribution in [-0.2, 0) is 26.2 Å². The van der Waals surface area contributed by atoms with Crippen molar-refractivity contribution in [1.29, 1.82) is 0 Å². The normalized spacial score (nSPS) is 7.06. The summed E-state index contributed by atoms with van der Waals surface area (Å²) in [4.78, 5) is 0. The summed E-state index contributed by atoms with van der Waals surface area (Å²) in [5, 5.41) is 17.3. The molecule has 0 aromatic heterocycles. The zero-order valence-electron chi connectivity index (χ0n) is 8.92. The molecule has 0 aliphatic rings. The van der Waals surface area contributed by atoms with E-state index in [0.29, 0.717) is 11.5 Å². The predicted molar refractivity (Wildman–Crippen MR) is 56.2 cm³/mol. The van der Waals surface area contributed by atoms with Crippen LogP contribution in [0.4, 0.5) is 0 Å². The van der Waals surface area contributed by atoms with E-state index in [1.165, 1.54) is 0 Å². The Morgan fingerprint density at radius 1 is 0.529 bits per heavy atom. The number of halogens is 2. The third-order valence-corrected chi connectivity index (χ3v) is 1.51. The van der Waals surface area contributed by atoms with Gasteiger partial charge in [-0.1, -0.05) is 36.4 Å². The molecule has 2 rings (SSSR count). The molecule has 2 nitrogen and oxygen atoms in total. The van der Waals surface area contributed by atoms with Gasteiger partial charge in [0.05, 0.1) is 0 Å². The number of rotatable bonds is 0. The van der Waals surface area contributed by atoms with Crippen molar-refractivity contribution in [2.75, 3.05) is 0 Å². The SMILES string of the molecule is Oc1ccccc1.Oc1ccccc1.[F-].[F-].[Zr+2]. The predicted octanol–water partition coefficient (Wildman–Crippen LogP) is -3.21. The fourth-order valence-corrected chi connectivity index (χ4v) is 0.856. The standard InChI is InChI=1S/2C6H6O.2FH.Zr/c2*7-6-4-2-1-3-5-6;;;/h2*1-5,7H;2*1H;/q;;;;+2/p-2. The van der Waals surface area contributed by atoms with Gasteiger partial charge in [0.25, 0.3) is 0 Å². The van der Waals surface area contributed by atoms with Crippen molar-refractivity contribution < 1.29 is 45.8 Å². The summed E-state index contributed by atoms with van der Waals surface area (Å²) in [6, 6.07) is 17.4. The van der Waals surface area contributed by atoms with Crippen molar-refractivity contribution in [2.24, 2.45) is 0 Å². The number of phenolic OH excluding ortho intramolecular Hbond substituents is 2. The molecule has 0 radical (unpaired) electrons. The summed E-state index contributed by atoms with van der Waals surface area (Å²) in [7, 11) is 0. The Bertz CT molecular complexity index is 320. The number of para-hydroxylation sites is 2. The molecule has 0 saturated carbocycles. The molecular formula is C12H12F2O2Zr. The van der Waals surface area contributed by atoms with Crippen LogP contribution in [0.5, 0.6) is 11.5 Å². The average Bonchev–Trinajstić information content (AvgIpc) is 2.21. The minimum absolute atomic E-state index is 0. The fraction of sp³-hybridized carbons (Fsp3) is 0. The van der Waals surface area contributed by atoms with Crippen molar-refractivity contribution in [1.82, 2.24) is 0 Å². The first-order chi connectivity index (χ1) is 6.79. The van der Waals surface area contributed by atoms with E-state index in [-0.39, 0.29) is 35.6 Å². The van der Waals surface area contributed by atoms with Gasteiger partial charge in [0.1, 0.15) is 11.5 Å². The first kappa shape index (κ1) is 21.1. The molecule has 0 heterocycles. The van der Waals surface area contributed by atoms with Gasteiger partial charge in [0.15, 0.2) is 0 Å². The summed E-state index contributed by atoms with van der Waals surface area (Å²) in [6.07, 6.45) is 0. The maximum atomic E-state index is 8.63. The van der Waals surface area contributed by atoms with Gasteiger partial charge in [-0.15, -0.1) is 0 Å². The van der Waals surface area contributed by atoms with Gasteiger partial charge in [-0.2, -0.15) is 0 Å². The molecule has 90 valence electrons. The molecule has 0 unspecified atom stereocenters. The van der Waals surface area contributed by atoms with Crippen LogP contribution < -0.4 is 9.41 Å². The fourth-order valence-electron chi connectivity index (χ4n) is 0.856. The van der Waals surface area contributed by atoms with Gasteiger partial charge >= 0.3 is 26.2 Å². The van der Waals surface area contributed by atoms with Crippen LogP contribution in [0, 0.1) is 0 Å². The minimum atomic E-state index is 0. The topological polar surface area (TPSA) is 40.5 Å². The van der Waals surface area contributed by atoms with Gasteiger partial charge in [0, 0.05) is 0 Å². The second-order valence-electron chi connectivity index (χ2n) is 2.67. The molecule has 0 amide bonds. The molecule has 0 saturated heterocycles. The molecule has 0 aliphatic carbocycles. The number of aromatic hydroxyl groups is 2. The number of hydrogen-bond acceptors (Lipinski definition) is 2. The van der Waals surface area contributed by atoms with E-state index in [1.54, 1.807) is 48.5 Å². The van der Waals surface area contributed by atoms with Crippen molar-refractivity contribution in [3.05, 3.63) is 60.7 Å². The van der Waals surface area contributed by atoms with Crippen LogP contribution in [0.15, 0.2) is 60.7 Å². The summed E-state index contributed by atoms with van der Waals surface area (Å²) in [5.41, 5.74) is 0. The van der Waals surface area contributed by atoms with Crippen LogP contribution in [0.1, 0.15) is 0 Å². The van der Waals surface area contributed by atoms with Gasteiger partial charge in [-0.25, -0.2) is 0 Å². The molecule has 2 N–H and O–H groups in total. The second-order valence-corrected chi connectivity index (χ2v) is 2.67. The molecule has 2 aromatic carbocycles. The largest absolute Gasteiger partial charge is 2.00 e. The Labute approximate surface area is 118 Å². The van der Waals surface area contributed by atoms with Crippen LogP contribution >= 0.6 is 0 Å². The van der Waals surface area contributed by atoms with E-state index in [2.05, 4.69) is 0 Å². The first-order valence-corrected chi connectivity index (χ1v) is 4.27.